The normalized spacial score (nSPS) is 11.7. The van der Waals surface area contributed by atoms with Gasteiger partial charge in [0.05, 0.1) is 0 Å². The van der Waals surface area contributed by atoms with Crippen LogP contribution < -0.4 is 0 Å². The van der Waals surface area contributed by atoms with Crippen LogP contribution in [0.1, 0.15) is 0 Å². The first-order valence-electron chi connectivity index (χ1n) is 16.4. The highest BCUT2D eigenvalue weighted by molar-refractivity contribution is 6.15. The molecular weight excluding hydrogens is 599 g/mol. The molecule has 0 atom stereocenters. The molecule has 0 unspecified atom stereocenters. The molecule has 0 saturated carbocycles. The molecule has 0 saturated heterocycles. The molecule has 4 nitrogen and oxygen atoms in total. The summed E-state index contributed by atoms with van der Waals surface area (Å²) in [4.78, 5) is 14.9. The van der Waals surface area contributed by atoms with Crippen LogP contribution in [-0.4, -0.2) is 15.0 Å². The summed E-state index contributed by atoms with van der Waals surface area (Å²) >= 11 is 0. The van der Waals surface area contributed by atoms with E-state index in [1.807, 2.05) is 30.3 Å². The lowest BCUT2D eigenvalue weighted by atomic mass is 9.92. The highest BCUT2D eigenvalue weighted by atomic mass is 16.3. The first kappa shape index (κ1) is 27.5. The maximum Gasteiger partial charge on any atom is 0.164 e. The Morgan fingerprint density at radius 3 is 1.73 bits per heavy atom. The van der Waals surface area contributed by atoms with E-state index in [4.69, 9.17) is 19.4 Å². The fourth-order valence-electron chi connectivity index (χ4n) is 7.06. The van der Waals surface area contributed by atoms with E-state index in [2.05, 4.69) is 133 Å². The van der Waals surface area contributed by atoms with E-state index in [1.54, 1.807) is 0 Å². The van der Waals surface area contributed by atoms with E-state index in [0.717, 1.165) is 49.6 Å². The van der Waals surface area contributed by atoms with Gasteiger partial charge in [0.25, 0.3) is 0 Å². The zero-order valence-corrected chi connectivity index (χ0v) is 26.3. The number of benzene rings is 8. The van der Waals surface area contributed by atoms with Crippen LogP contribution in [0, 0.1) is 0 Å². The zero-order chi connectivity index (χ0) is 32.3. The monoisotopic (exact) mass is 625 g/mol. The zero-order valence-electron chi connectivity index (χ0n) is 26.3. The second-order valence-electron chi connectivity index (χ2n) is 12.4. The molecule has 2 aromatic heterocycles. The van der Waals surface area contributed by atoms with Gasteiger partial charge in [0, 0.05) is 27.5 Å². The molecule has 49 heavy (non-hydrogen) atoms. The number of fused-ring (bicyclic) bond motifs is 7. The summed E-state index contributed by atoms with van der Waals surface area (Å²) in [5.41, 5.74) is 6.76. The molecule has 0 amide bonds. The van der Waals surface area contributed by atoms with Gasteiger partial charge in [-0.05, 0) is 79.8 Å². The Hall–Kier alpha value is -6.65. The molecule has 0 aliphatic rings. The first-order valence-corrected chi connectivity index (χ1v) is 16.4. The van der Waals surface area contributed by atoms with Crippen LogP contribution in [0.4, 0.5) is 0 Å². The molecule has 0 spiro atoms. The lowest BCUT2D eigenvalue weighted by molar-refractivity contribution is 0.669. The number of hydrogen-bond donors (Lipinski definition) is 0. The predicted molar refractivity (Wildman–Crippen MR) is 201 cm³/mol. The van der Waals surface area contributed by atoms with E-state index >= 15 is 0 Å². The highest BCUT2D eigenvalue weighted by Crippen LogP contribution is 2.39. The average molecular weight is 626 g/mol. The van der Waals surface area contributed by atoms with Gasteiger partial charge in [0.2, 0.25) is 0 Å². The van der Waals surface area contributed by atoms with Gasteiger partial charge in [-0.1, -0.05) is 127 Å². The lowest BCUT2D eigenvalue weighted by Crippen LogP contribution is -2.00. The summed E-state index contributed by atoms with van der Waals surface area (Å²) in [6.07, 6.45) is 0. The Bertz CT molecular complexity index is 2890. The molecule has 0 radical (unpaired) electrons. The minimum absolute atomic E-state index is 0.600. The fourth-order valence-corrected chi connectivity index (χ4v) is 7.06. The van der Waals surface area contributed by atoms with E-state index in [0.29, 0.717) is 17.5 Å². The molecule has 0 N–H and O–H groups in total. The van der Waals surface area contributed by atoms with Crippen molar-refractivity contribution >= 4 is 54.3 Å². The van der Waals surface area contributed by atoms with Crippen molar-refractivity contribution in [2.75, 3.05) is 0 Å². The van der Waals surface area contributed by atoms with Gasteiger partial charge in [-0.2, -0.15) is 0 Å². The summed E-state index contributed by atoms with van der Waals surface area (Å²) in [6.45, 7) is 0. The molecule has 228 valence electrons. The fraction of sp³-hybridized carbons (Fsp3) is 0. The standard InChI is InChI=1S/C45H27N3O/c1-2-11-29(12-3-1)43-46-44(33-19-18-28-10-4-5-13-30(28)24-33)48-45(47-43)34-20-22-38-40-26-32(21-23-41(40)49-42(38)27-34)39-25-31-14-6-7-15-35(31)36-16-8-9-17-37(36)39/h1-27H. The first-order chi connectivity index (χ1) is 24.2. The van der Waals surface area contributed by atoms with Crippen molar-refractivity contribution in [1.29, 1.82) is 0 Å². The third-order valence-corrected chi connectivity index (χ3v) is 9.48. The molecule has 10 rings (SSSR count). The molecular formula is C45H27N3O. The van der Waals surface area contributed by atoms with Crippen molar-refractivity contribution in [2.45, 2.75) is 0 Å². The Balaban J connectivity index is 1.11. The highest BCUT2D eigenvalue weighted by Gasteiger charge is 2.16. The quantitative estimate of drug-likeness (QED) is 0.183. The minimum atomic E-state index is 0.600. The second-order valence-corrected chi connectivity index (χ2v) is 12.4. The molecule has 4 heteroatoms. The van der Waals surface area contributed by atoms with Crippen molar-refractivity contribution in [1.82, 2.24) is 15.0 Å². The summed E-state index contributed by atoms with van der Waals surface area (Å²) in [5, 5.41) is 9.44. The van der Waals surface area contributed by atoms with Gasteiger partial charge in [-0.25, -0.2) is 15.0 Å². The molecule has 10 aromatic rings. The van der Waals surface area contributed by atoms with Crippen molar-refractivity contribution < 1.29 is 4.42 Å². The lowest BCUT2D eigenvalue weighted by Gasteiger charge is -2.11. The third kappa shape index (κ3) is 4.65. The molecule has 8 aromatic carbocycles. The van der Waals surface area contributed by atoms with Crippen molar-refractivity contribution in [3.63, 3.8) is 0 Å². The Morgan fingerprint density at radius 2 is 0.918 bits per heavy atom. The predicted octanol–water partition coefficient (Wildman–Crippen LogP) is 11.9. The minimum Gasteiger partial charge on any atom is -0.456 e. The number of furan rings is 1. The number of aromatic nitrogens is 3. The number of rotatable bonds is 4. The SMILES string of the molecule is c1ccc(-c2nc(-c3ccc4ccccc4c3)nc(-c3ccc4c(c3)oc3ccc(-c5cc6ccccc6c6ccccc56)cc34)n2)cc1. The molecule has 0 aliphatic carbocycles. The van der Waals surface area contributed by atoms with E-state index in [9.17, 15) is 0 Å². The number of nitrogens with zero attached hydrogens (tertiary/aromatic N) is 3. The topological polar surface area (TPSA) is 51.8 Å². The van der Waals surface area contributed by atoms with Gasteiger partial charge in [-0.15, -0.1) is 0 Å². The smallest absolute Gasteiger partial charge is 0.164 e. The largest absolute Gasteiger partial charge is 0.456 e. The maximum atomic E-state index is 6.47. The summed E-state index contributed by atoms with van der Waals surface area (Å²) in [5.74, 6) is 1.86. The summed E-state index contributed by atoms with van der Waals surface area (Å²) < 4.78 is 6.47. The van der Waals surface area contributed by atoms with Crippen LogP contribution in [0.5, 0.6) is 0 Å². The van der Waals surface area contributed by atoms with E-state index in [1.165, 1.54) is 32.5 Å². The van der Waals surface area contributed by atoms with Crippen molar-refractivity contribution in [2.24, 2.45) is 0 Å². The average Bonchev–Trinajstić information content (AvgIpc) is 3.55. The Kier molecular flexibility index (Phi) is 6.15. The summed E-state index contributed by atoms with van der Waals surface area (Å²) in [7, 11) is 0. The Labute approximate surface area is 282 Å². The maximum absolute atomic E-state index is 6.47. The number of hydrogen-bond acceptors (Lipinski definition) is 4. The van der Waals surface area contributed by atoms with Crippen LogP contribution in [0.25, 0.3) is 99.5 Å². The third-order valence-electron chi connectivity index (χ3n) is 9.48. The van der Waals surface area contributed by atoms with E-state index in [-0.39, 0.29) is 0 Å². The van der Waals surface area contributed by atoms with Crippen LogP contribution in [0.2, 0.25) is 0 Å². The van der Waals surface area contributed by atoms with Crippen molar-refractivity contribution in [3.05, 3.63) is 164 Å². The van der Waals surface area contributed by atoms with Gasteiger partial charge >= 0.3 is 0 Å². The van der Waals surface area contributed by atoms with Gasteiger partial charge < -0.3 is 4.42 Å². The van der Waals surface area contributed by atoms with Crippen molar-refractivity contribution in [3.8, 4) is 45.3 Å². The Morgan fingerprint density at radius 1 is 0.306 bits per heavy atom. The van der Waals surface area contributed by atoms with Crippen LogP contribution >= 0.6 is 0 Å². The van der Waals surface area contributed by atoms with Crippen LogP contribution in [-0.2, 0) is 0 Å². The summed E-state index contributed by atoms with van der Waals surface area (Å²) in [6, 6.07) is 57.1. The van der Waals surface area contributed by atoms with Gasteiger partial charge in [0.1, 0.15) is 11.2 Å². The molecule has 2 heterocycles. The molecule has 0 bridgehead atoms. The van der Waals surface area contributed by atoms with E-state index < -0.39 is 0 Å². The van der Waals surface area contributed by atoms with Crippen LogP contribution in [0.3, 0.4) is 0 Å². The molecule has 0 fully saturated rings. The van der Waals surface area contributed by atoms with Crippen LogP contribution in [0.15, 0.2) is 168 Å². The van der Waals surface area contributed by atoms with Gasteiger partial charge in [0.15, 0.2) is 17.5 Å². The molecule has 0 aliphatic heterocycles. The van der Waals surface area contributed by atoms with Gasteiger partial charge in [-0.3, -0.25) is 0 Å². The second kappa shape index (κ2) is 11.0.